The fraction of sp³-hybridized carbons (Fsp3) is 0.389. The predicted octanol–water partition coefficient (Wildman–Crippen LogP) is 4.52. The van der Waals surface area contributed by atoms with Crippen molar-refractivity contribution in [2.24, 2.45) is 5.41 Å². The highest BCUT2D eigenvalue weighted by Crippen LogP contribution is 2.33. The summed E-state index contributed by atoms with van der Waals surface area (Å²) in [5, 5.41) is 8.60. The molecule has 0 atom stereocenters. The molecule has 1 aromatic carbocycles. The summed E-state index contributed by atoms with van der Waals surface area (Å²) in [7, 11) is 0. The minimum Gasteiger partial charge on any atom is -0.488 e. The first kappa shape index (κ1) is 16.9. The van der Waals surface area contributed by atoms with E-state index < -0.39 is 0 Å². The molecule has 0 radical (unpaired) electrons. The van der Waals surface area contributed by atoms with Gasteiger partial charge < -0.3 is 4.74 Å². The number of aryl methyl sites for hydroxylation is 1. The molecule has 0 fully saturated rings. The van der Waals surface area contributed by atoms with E-state index in [9.17, 15) is 0 Å². The van der Waals surface area contributed by atoms with E-state index >= 15 is 0 Å². The molecule has 0 aliphatic carbocycles. The fourth-order valence-electron chi connectivity index (χ4n) is 2.49. The number of pyridine rings is 1. The average Bonchev–Trinajstić information content (AvgIpc) is 2.90. The highest BCUT2D eigenvalue weighted by atomic mass is 79.9. The smallest absolute Gasteiger partial charge is 0.136 e. The van der Waals surface area contributed by atoms with Gasteiger partial charge in [0, 0.05) is 24.0 Å². The third-order valence-electron chi connectivity index (χ3n) is 3.71. The summed E-state index contributed by atoms with van der Waals surface area (Å²) in [5.74, 6) is 0.758. The van der Waals surface area contributed by atoms with Gasteiger partial charge in [0.15, 0.2) is 0 Å². The molecule has 24 heavy (non-hydrogen) atoms. The number of nitrogens with zero attached hydrogens (tertiary/aromatic N) is 4. The van der Waals surface area contributed by atoms with Crippen LogP contribution in [0, 0.1) is 12.3 Å². The van der Waals surface area contributed by atoms with Crippen LogP contribution in [-0.4, -0.2) is 20.0 Å². The van der Waals surface area contributed by atoms with Crippen LogP contribution >= 0.6 is 15.9 Å². The molecule has 0 bridgehead atoms. The second-order valence-electron chi connectivity index (χ2n) is 7.09. The summed E-state index contributed by atoms with van der Waals surface area (Å²) in [6.45, 7) is 9.82. The van der Waals surface area contributed by atoms with E-state index in [4.69, 9.17) is 4.74 Å². The third kappa shape index (κ3) is 3.59. The number of fused-ring (bicyclic) bond motifs is 1. The van der Waals surface area contributed by atoms with Gasteiger partial charge in [-0.25, -0.2) is 4.68 Å². The number of rotatable bonds is 4. The number of hydrogen-bond donors (Lipinski definition) is 0. The molecule has 2 aromatic heterocycles. The van der Waals surface area contributed by atoms with Gasteiger partial charge in [-0.2, -0.15) is 0 Å². The fourth-order valence-corrected chi connectivity index (χ4v) is 3.02. The van der Waals surface area contributed by atoms with Crippen molar-refractivity contribution in [1.82, 2.24) is 20.0 Å². The van der Waals surface area contributed by atoms with Crippen molar-refractivity contribution in [2.75, 3.05) is 0 Å². The number of benzene rings is 1. The van der Waals surface area contributed by atoms with Gasteiger partial charge in [-0.1, -0.05) is 32.1 Å². The Morgan fingerprint density at radius 2 is 2.00 bits per heavy atom. The van der Waals surface area contributed by atoms with Crippen molar-refractivity contribution in [3.8, 4) is 5.75 Å². The van der Waals surface area contributed by atoms with E-state index in [0.29, 0.717) is 6.61 Å². The predicted molar refractivity (Wildman–Crippen MR) is 98.0 cm³/mol. The summed E-state index contributed by atoms with van der Waals surface area (Å²) in [6, 6.07) is 7.91. The zero-order chi connectivity index (χ0) is 17.3. The normalized spacial score (nSPS) is 11.9. The number of aromatic nitrogens is 4. The van der Waals surface area contributed by atoms with Gasteiger partial charge >= 0.3 is 0 Å². The average molecular weight is 389 g/mol. The number of ether oxygens (including phenoxy) is 1. The standard InChI is InChI=1S/C18H21BrN4O/c1-12-13(6-5-9-20-12)10-24-15-8-7-14-17(16(15)19)21-22-23(14)11-18(2,3)4/h5-9H,10-11H2,1-4H3. The van der Waals surface area contributed by atoms with E-state index in [1.807, 2.05) is 35.9 Å². The quantitative estimate of drug-likeness (QED) is 0.658. The molecule has 3 rings (SSSR count). The molecule has 0 saturated carbocycles. The number of hydrogen-bond acceptors (Lipinski definition) is 4. The number of halogens is 1. The highest BCUT2D eigenvalue weighted by Gasteiger charge is 2.17. The zero-order valence-corrected chi connectivity index (χ0v) is 16.0. The molecule has 0 amide bonds. The minimum atomic E-state index is 0.139. The van der Waals surface area contributed by atoms with Crippen LogP contribution in [0.25, 0.3) is 11.0 Å². The molecule has 6 heteroatoms. The van der Waals surface area contributed by atoms with E-state index in [1.54, 1.807) is 6.20 Å². The zero-order valence-electron chi connectivity index (χ0n) is 14.4. The van der Waals surface area contributed by atoms with Crippen LogP contribution in [0.5, 0.6) is 5.75 Å². The molecule has 0 N–H and O–H groups in total. The van der Waals surface area contributed by atoms with Crippen LogP contribution in [0.2, 0.25) is 0 Å². The molecular formula is C18H21BrN4O. The molecule has 0 saturated heterocycles. The maximum Gasteiger partial charge on any atom is 0.136 e. The van der Waals surface area contributed by atoms with Crippen molar-refractivity contribution in [3.05, 3.63) is 46.2 Å². The lowest BCUT2D eigenvalue weighted by Crippen LogP contribution is -2.16. The lowest BCUT2D eigenvalue weighted by molar-refractivity contribution is 0.303. The molecule has 0 spiro atoms. The Kier molecular flexibility index (Phi) is 4.58. The molecule has 3 aromatic rings. The largest absolute Gasteiger partial charge is 0.488 e. The summed E-state index contributed by atoms with van der Waals surface area (Å²) in [6.07, 6.45) is 1.79. The topological polar surface area (TPSA) is 52.8 Å². The summed E-state index contributed by atoms with van der Waals surface area (Å²) in [5.41, 5.74) is 4.01. The lowest BCUT2D eigenvalue weighted by Gasteiger charge is -2.18. The first-order valence-electron chi connectivity index (χ1n) is 7.90. The molecule has 0 aliphatic heterocycles. The van der Waals surface area contributed by atoms with Crippen LogP contribution in [0.4, 0.5) is 0 Å². The Bertz CT molecular complexity index is 867. The van der Waals surface area contributed by atoms with E-state index in [2.05, 4.69) is 52.0 Å². The summed E-state index contributed by atoms with van der Waals surface area (Å²) in [4.78, 5) is 4.28. The summed E-state index contributed by atoms with van der Waals surface area (Å²) < 4.78 is 8.73. The van der Waals surface area contributed by atoms with E-state index in [1.165, 1.54) is 0 Å². The first-order valence-corrected chi connectivity index (χ1v) is 8.69. The van der Waals surface area contributed by atoms with E-state index in [0.717, 1.165) is 39.1 Å². The van der Waals surface area contributed by atoms with Crippen LogP contribution in [0.1, 0.15) is 32.0 Å². The Morgan fingerprint density at radius 1 is 1.21 bits per heavy atom. The molecule has 5 nitrogen and oxygen atoms in total. The van der Waals surface area contributed by atoms with Gasteiger partial charge in [-0.05, 0) is 46.5 Å². The first-order chi connectivity index (χ1) is 11.3. The van der Waals surface area contributed by atoms with Gasteiger partial charge in [0.1, 0.15) is 17.9 Å². The van der Waals surface area contributed by atoms with Gasteiger partial charge in [-0.15, -0.1) is 5.10 Å². The SMILES string of the molecule is Cc1ncccc1COc1ccc2c(nnn2CC(C)(C)C)c1Br. The minimum absolute atomic E-state index is 0.139. The van der Waals surface area contributed by atoms with Crippen molar-refractivity contribution < 1.29 is 4.74 Å². The summed E-state index contributed by atoms with van der Waals surface area (Å²) >= 11 is 3.61. The van der Waals surface area contributed by atoms with Crippen molar-refractivity contribution in [3.63, 3.8) is 0 Å². The molecule has 0 unspecified atom stereocenters. The maximum atomic E-state index is 5.96. The van der Waals surface area contributed by atoms with Crippen molar-refractivity contribution >= 4 is 27.0 Å². The third-order valence-corrected chi connectivity index (χ3v) is 4.48. The molecule has 126 valence electrons. The highest BCUT2D eigenvalue weighted by molar-refractivity contribution is 9.10. The van der Waals surface area contributed by atoms with Gasteiger partial charge in [0.2, 0.25) is 0 Å². The Labute approximate surface area is 150 Å². The second-order valence-corrected chi connectivity index (χ2v) is 7.88. The molecule has 0 aliphatic rings. The van der Waals surface area contributed by atoms with Crippen LogP contribution in [0.3, 0.4) is 0 Å². The van der Waals surface area contributed by atoms with Gasteiger partial charge in [-0.3, -0.25) is 4.98 Å². The van der Waals surface area contributed by atoms with Crippen molar-refractivity contribution in [1.29, 1.82) is 0 Å². The monoisotopic (exact) mass is 388 g/mol. The van der Waals surface area contributed by atoms with Gasteiger partial charge in [0.05, 0.1) is 9.99 Å². The van der Waals surface area contributed by atoms with Crippen LogP contribution in [0.15, 0.2) is 34.9 Å². The molecular weight excluding hydrogens is 368 g/mol. The molecule has 2 heterocycles. The Hall–Kier alpha value is -1.95. The maximum absolute atomic E-state index is 5.96. The van der Waals surface area contributed by atoms with E-state index in [-0.39, 0.29) is 5.41 Å². The second kappa shape index (κ2) is 6.51. The Morgan fingerprint density at radius 3 is 2.71 bits per heavy atom. The van der Waals surface area contributed by atoms with Gasteiger partial charge in [0.25, 0.3) is 0 Å². The lowest BCUT2D eigenvalue weighted by atomic mass is 9.97. The Balaban J connectivity index is 1.86. The van der Waals surface area contributed by atoms with Crippen LogP contribution in [-0.2, 0) is 13.2 Å². The van der Waals surface area contributed by atoms with Crippen molar-refractivity contribution in [2.45, 2.75) is 40.8 Å². The van der Waals surface area contributed by atoms with Crippen LogP contribution < -0.4 is 4.74 Å².